The van der Waals surface area contributed by atoms with Gasteiger partial charge in [-0.3, -0.25) is 4.79 Å². The molecule has 0 bridgehead atoms. The molecule has 1 heterocycles. The molecule has 3 N–H and O–H groups in total. The lowest BCUT2D eigenvalue weighted by Gasteiger charge is -2.31. The zero-order valence-electron chi connectivity index (χ0n) is 14.0. The molecule has 1 amide bonds. The van der Waals surface area contributed by atoms with E-state index >= 15 is 0 Å². The number of nitrogens with two attached hydrogens (primary N) is 1. The quantitative estimate of drug-likeness (QED) is 0.859. The summed E-state index contributed by atoms with van der Waals surface area (Å²) in [5, 5.41) is 2.99. The predicted molar refractivity (Wildman–Crippen MR) is 91.2 cm³/mol. The lowest BCUT2D eigenvalue weighted by molar-refractivity contribution is -0.126. The maximum atomic E-state index is 13.7. The SMILES string of the molecule is NC[C@H]1CCC[C@H]1C(=O)NCc1cc(F)ccc1N1CCOCC1. The molecule has 24 heavy (non-hydrogen) atoms. The first-order chi connectivity index (χ1) is 11.7. The van der Waals surface area contributed by atoms with Crippen LogP contribution in [0.5, 0.6) is 0 Å². The molecule has 0 aromatic heterocycles. The van der Waals surface area contributed by atoms with Crippen LogP contribution >= 0.6 is 0 Å². The number of rotatable bonds is 5. The van der Waals surface area contributed by atoms with E-state index in [0.717, 1.165) is 43.6 Å². The van der Waals surface area contributed by atoms with Gasteiger partial charge in [-0.2, -0.15) is 0 Å². The number of hydrogen-bond donors (Lipinski definition) is 2. The molecule has 1 aliphatic carbocycles. The summed E-state index contributed by atoms with van der Waals surface area (Å²) in [6.07, 6.45) is 2.97. The lowest BCUT2D eigenvalue weighted by atomic mass is 9.95. The van der Waals surface area contributed by atoms with Crippen molar-refractivity contribution in [3.63, 3.8) is 0 Å². The van der Waals surface area contributed by atoms with Crippen LogP contribution < -0.4 is 16.0 Å². The van der Waals surface area contributed by atoms with Crippen LogP contribution in [0.25, 0.3) is 0 Å². The van der Waals surface area contributed by atoms with Crippen molar-refractivity contribution in [1.82, 2.24) is 5.32 Å². The van der Waals surface area contributed by atoms with Crippen molar-refractivity contribution in [3.05, 3.63) is 29.6 Å². The van der Waals surface area contributed by atoms with Crippen molar-refractivity contribution in [2.24, 2.45) is 17.6 Å². The second-order valence-corrected chi connectivity index (χ2v) is 6.62. The van der Waals surface area contributed by atoms with E-state index in [0.29, 0.717) is 26.3 Å². The first kappa shape index (κ1) is 17.2. The molecule has 2 fully saturated rings. The third-order valence-corrected chi connectivity index (χ3v) is 5.14. The Morgan fingerprint density at radius 3 is 2.88 bits per heavy atom. The molecule has 1 saturated heterocycles. The van der Waals surface area contributed by atoms with E-state index < -0.39 is 0 Å². The average Bonchev–Trinajstić information content (AvgIpc) is 3.09. The molecule has 2 aliphatic rings. The van der Waals surface area contributed by atoms with Crippen molar-refractivity contribution in [2.75, 3.05) is 37.7 Å². The normalized spacial score (nSPS) is 24.2. The number of benzene rings is 1. The van der Waals surface area contributed by atoms with Crippen LogP contribution in [-0.2, 0) is 16.1 Å². The fraction of sp³-hybridized carbons (Fsp3) is 0.611. The minimum absolute atomic E-state index is 0.00426. The highest BCUT2D eigenvalue weighted by Crippen LogP contribution is 2.31. The van der Waals surface area contributed by atoms with Gasteiger partial charge in [0.15, 0.2) is 0 Å². The van der Waals surface area contributed by atoms with Gasteiger partial charge in [0.2, 0.25) is 5.91 Å². The Labute approximate surface area is 142 Å². The molecule has 0 unspecified atom stereocenters. The summed E-state index contributed by atoms with van der Waals surface area (Å²) in [5.41, 5.74) is 7.55. The van der Waals surface area contributed by atoms with Gasteiger partial charge in [-0.1, -0.05) is 6.42 Å². The summed E-state index contributed by atoms with van der Waals surface area (Å²) in [4.78, 5) is 14.6. The molecule has 6 heteroatoms. The number of morpholine rings is 1. The Balaban J connectivity index is 1.67. The summed E-state index contributed by atoms with van der Waals surface area (Å²) < 4.78 is 19.1. The summed E-state index contributed by atoms with van der Waals surface area (Å²) in [6.45, 7) is 3.80. The fourth-order valence-electron chi connectivity index (χ4n) is 3.79. The molecule has 2 atom stereocenters. The maximum absolute atomic E-state index is 13.7. The van der Waals surface area contributed by atoms with Crippen LogP contribution in [0.1, 0.15) is 24.8 Å². The Hall–Kier alpha value is -1.66. The van der Waals surface area contributed by atoms with Crippen molar-refractivity contribution >= 4 is 11.6 Å². The van der Waals surface area contributed by atoms with Crippen LogP contribution in [0.15, 0.2) is 18.2 Å². The Morgan fingerprint density at radius 2 is 2.12 bits per heavy atom. The van der Waals surface area contributed by atoms with Gasteiger partial charge in [0.1, 0.15) is 5.82 Å². The lowest BCUT2D eigenvalue weighted by Crippen LogP contribution is -2.38. The van der Waals surface area contributed by atoms with E-state index in [4.69, 9.17) is 10.5 Å². The maximum Gasteiger partial charge on any atom is 0.223 e. The Bertz CT molecular complexity index is 575. The van der Waals surface area contributed by atoms with Gasteiger partial charge in [-0.25, -0.2) is 4.39 Å². The molecule has 1 aromatic carbocycles. The van der Waals surface area contributed by atoms with E-state index in [-0.39, 0.29) is 23.6 Å². The zero-order valence-corrected chi connectivity index (χ0v) is 14.0. The average molecular weight is 335 g/mol. The predicted octanol–water partition coefficient (Wildman–Crippen LogP) is 1.65. The largest absolute Gasteiger partial charge is 0.378 e. The Kier molecular flexibility index (Phi) is 5.68. The zero-order chi connectivity index (χ0) is 16.9. The molecule has 5 nitrogen and oxygen atoms in total. The first-order valence-electron chi connectivity index (χ1n) is 8.78. The van der Waals surface area contributed by atoms with E-state index in [9.17, 15) is 9.18 Å². The standard InChI is InChI=1S/C18H26FN3O2/c19-15-4-5-17(22-6-8-24-9-7-22)14(10-15)12-21-18(23)16-3-1-2-13(16)11-20/h4-5,10,13,16H,1-3,6-9,11-12,20H2,(H,21,23)/t13-,16-/m1/s1. The minimum atomic E-state index is -0.281. The number of anilines is 1. The highest BCUT2D eigenvalue weighted by molar-refractivity contribution is 5.79. The molecular weight excluding hydrogens is 309 g/mol. The van der Waals surface area contributed by atoms with Crippen molar-refractivity contribution < 1.29 is 13.9 Å². The number of hydrogen-bond acceptors (Lipinski definition) is 4. The summed E-state index contributed by atoms with van der Waals surface area (Å²) >= 11 is 0. The molecular formula is C18H26FN3O2. The van der Waals surface area contributed by atoms with Gasteiger partial charge in [-0.15, -0.1) is 0 Å². The molecule has 3 rings (SSSR count). The molecule has 1 aliphatic heterocycles. The number of nitrogens with zero attached hydrogens (tertiary/aromatic N) is 1. The number of carbonyl (C=O) groups excluding carboxylic acids is 1. The molecule has 0 spiro atoms. The number of nitrogens with one attached hydrogen (secondary N) is 1. The molecule has 1 aromatic rings. The molecule has 1 saturated carbocycles. The van der Waals surface area contributed by atoms with Gasteiger partial charge in [-0.05, 0) is 49.1 Å². The van der Waals surface area contributed by atoms with E-state index in [1.54, 1.807) is 6.07 Å². The summed E-state index contributed by atoms with van der Waals surface area (Å²) in [7, 11) is 0. The highest BCUT2D eigenvalue weighted by Gasteiger charge is 2.31. The second kappa shape index (κ2) is 7.94. The number of carbonyl (C=O) groups is 1. The fourth-order valence-corrected chi connectivity index (χ4v) is 3.79. The van der Waals surface area contributed by atoms with Gasteiger partial charge in [0.25, 0.3) is 0 Å². The van der Waals surface area contributed by atoms with Crippen LogP contribution in [0.2, 0.25) is 0 Å². The summed E-state index contributed by atoms with van der Waals surface area (Å²) in [5.74, 6) is 0.0312. The molecule has 132 valence electrons. The van der Waals surface area contributed by atoms with Crippen molar-refractivity contribution in [3.8, 4) is 0 Å². The smallest absolute Gasteiger partial charge is 0.223 e. The number of halogens is 1. The third-order valence-electron chi connectivity index (χ3n) is 5.14. The van der Waals surface area contributed by atoms with Gasteiger partial charge >= 0.3 is 0 Å². The van der Waals surface area contributed by atoms with Gasteiger partial charge in [0, 0.05) is 31.2 Å². The van der Waals surface area contributed by atoms with Crippen LogP contribution in [0.4, 0.5) is 10.1 Å². The third kappa shape index (κ3) is 3.87. The number of amides is 1. The van der Waals surface area contributed by atoms with E-state index in [1.807, 2.05) is 0 Å². The topological polar surface area (TPSA) is 67.6 Å². The molecule has 0 radical (unpaired) electrons. The first-order valence-corrected chi connectivity index (χ1v) is 8.78. The number of ether oxygens (including phenoxy) is 1. The van der Waals surface area contributed by atoms with Crippen LogP contribution in [0, 0.1) is 17.7 Å². The van der Waals surface area contributed by atoms with E-state index in [2.05, 4.69) is 10.2 Å². The van der Waals surface area contributed by atoms with Gasteiger partial charge < -0.3 is 20.7 Å². The van der Waals surface area contributed by atoms with Crippen LogP contribution in [-0.4, -0.2) is 38.8 Å². The second-order valence-electron chi connectivity index (χ2n) is 6.62. The Morgan fingerprint density at radius 1 is 1.33 bits per heavy atom. The van der Waals surface area contributed by atoms with E-state index in [1.165, 1.54) is 12.1 Å². The van der Waals surface area contributed by atoms with Crippen LogP contribution in [0.3, 0.4) is 0 Å². The highest BCUT2D eigenvalue weighted by atomic mass is 19.1. The monoisotopic (exact) mass is 335 g/mol. The van der Waals surface area contributed by atoms with Crippen molar-refractivity contribution in [2.45, 2.75) is 25.8 Å². The van der Waals surface area contributed by atoms with Gasteiger partial charge in [0.05, 0.1) is 13.2 Å². The van der Waals surface area contributed by atoms with Crippen molar-refractivity contribution in [1.29, 1.82) is 0 Å². The minimum Gasteiger partial charge on any atom is -0.378 e. The summed E-state index contributed by atoms with van der Waals surface area (Å²) in [6, 6.07) is 4.78.